The molecule has 0 bridgehead atoms. The van der Waals surface area contributed by atoms with Gasteiger partial charge in [-0.15, -0.1) is 11.3 Å². The summed E-state index contributed by atoms with van der Waals surface area (Å²) in [6.45, 7) is 4.39. The van der Waals surface area contributed by atoms with Crippen LogP contribution in [0.15, 0.2) is 6.33 Å². The molecule has 0 aromatic carbocycles. The van der Waals surface area contributed by atoms with Crippen molar-refractivity contribution in [3.05, 3.63) is 16.8 Å². The van der Waals surface area contributed by atoms with E-state index in [1.54, 1.807) is 6.33 Å². The zero-order valence-corrected chi connectivity index (χ0v) is 13.3. The molecule has 3 rings (SSSR count). The summed E-state index contributed by atoms with van der Waals surface area (Å²) in [4.78, 5) is 13.1. The van der Waals surface area contributed by atoms with Crippen molar-refractivity contribution in [3.63, 3.8) is 0 Å². The van der Waals surface area contributed by atoms with Gasteiger partial charge in [0.05, 0.1) is 32.6 Å². The molecular formula is C15H23N4S+. The number of likely N-dealkylation sites (N-methyl/N-ethyl adjacent to an activating group) is 1. The number of nitrogens with one attached hydrogen (secondary N) is 2. The number of hydrogen-bond acceptors (Lipinski definition) is 4. The highest BCUT2D eigenvalue weighted by Crippen LogP contribution is 2.39. The first-order valence-electron chi connectivity index (χ1n) is 7.43. The minimum atomic E-state index is 0.777. The van der Waals surface area contributed by atoms with Gasteiger partial charge in [-0.2, -0.15) is 0 Å². The van der Waals surface area contributed by atoms with E-state index in [1.807, 2.05) is 11.3 Å². The Bertz CT molecular complexity index is 605. The summed E-state index contributed by atoms with van der Waals surface area (Å²) in [6.07, 6.45) is 5.38. The first-order chi connectivity index (χ1) is 9.65. The van der Waals surface area contributed by atoms with Crippen LogP contribution in [0, 0.1) is 5.92 Å². The Morgan fingerprint density at radius 2 is 2.25 bits per heavy atom. The second-order valence-corrected chi connectivity index (χ2v) is 7.22. The Labute approximate surface area is 124 Å². The van der Waals surface area contributed by atoms with E-state index in [0.29, 0.717) is 0 Å². The number of rotatable bonds is 4. The van der Waals surface area contributed by atoms with Gasteiger partial charge in [-0.1, -0.05) is 6.92 Å². The maximum atomic E-state index is 4.48. The quantitative estimate of drug-likeness (QED) is 0.894. The summed E-state index contributed by atoms with van der Waals surface area (Å²) in [7, 11) is 4.34. The van der Waals surface area contributed by atoms with Crippen molar-refractivity contribution in [2.45, 2.75) is 26.2 Å². The van der Waals surface area contributed by atoms with Gasteiger partial charge in [0, 0.05) is 4.88 Å². The molecule has 2 N–H and O–H groups in total. The fraction of sp³-hybridized carbons (Fsp3) is 0.600. The van der Waals surface area contributed by atoms with Crippen molar-refractivity contribution < 1.29 is 4.90 Å². The maximum Gasteiger partial charge on any atom is 0.138 e. The van der Waals surface area contributed by atoms with Crippen LogP contribution in [0.3, 0.4) is 0 Å². The Morgan fingerprint density at radius 3 is 3.05 bits per heavy atom. The molecule has 4 nitrogen and oxygen atoms in total. The smallest absolute Gasteiger partial charge is 0.138 e. The molecule has 2 aromatic heterocycles. The third-order valence-corrected chi connectivity index (χ3v) is 5.20. The van der Waals surface area contributed by atoms with E-state index < -0.39 is 0 Å². The van der Waals surface area contributed by atoms with Crippen molar-refractivity contribution in [2.24, 2.45) is 5.92 Å². The van der Waals surface area contributed by atoms with E-state index in [-0.39, 0.29) is 0 Å². The summed E-state index contributed by atoms with van der Waals surface area (Å²) in [6, 6.07) is 0. The monoisotopic (exact) mass is 291 g/mol. The Morgan fingerprint density at radius 1 is 1.40 bits per heavy atom. The first kappa shape index (κ1) is 13.8. The average molecular weight is 291 g/mol. The van der Waals surface area contributed by atoms with Crippen LogP contribution in [0.4, 0.5) is 5.82 Å². The van der Waals surface area contributed by atoms with Crippen molar-refractivity contribution in [1.29, 1.82) is 0 Å². The van der Waals surface area contributed by atoms with Crippen LogP contribution in [0.25, 0.3) is 10.2 Å². The second-order valence-electron chi connectivity index (χ2n) is 6.14. The lowest BCUT2D eigenvalue weighted by atomic mass is 9.88. The van der Waals surface area contributed by atoms with Gasteiger partial charge in [-0.25, -0.2) is 9.97 Å². The largest absolute Gasteiger partial charge is 0.364 e. The second kappa shape index (κ2) is 5.66. The number of nitrogens with zero attached hydrogens (tertiary/aromatic N) is 2. The SMILES string of the molecule is C[C@@H]1CCc2sc3ncnc(NCC[NH+](C)C)c3c2C1. The first-order valence-corrected chi connectivity index (χ1v) is 8.25. The molecule has 2 aromatic rings. The Hall–Kier alpha value is -1.20. The van der Waals surface area contributed by atoms with Crippen LogP contribution in [0.1, 0.15) is 23.8 Å². The van der Waals surface area contributed by atoms with Crippen molar-refractivity contribution in [2.75, 3.05) is 32.5 Å². The highest BCUT2D eigenvalue weighted by atomic mass is 32.1. The molecular weight excluding hydrogens is 268 g/mol. The van der Waals surface area contributed by atoms with E-state index in [0.717, 1.165) is 29.7 Å². The molecule has 0 radical (unpaired) electrons. The lowest BCUT2D eigenvalue weighted by molar-refractivity contribution is -0.856. The number of aryl methyl sites for hydroxylation is 1. The predicted octanol–water partition coefficient (Wildman–Crippen LogP) is 1.37. The lowest BCUT2D eigenvalue weighted by Crippen LogP contribution is -3.06. The molecule has 1 aliphatic carbocycles. The van der Waals surface area contributed by atoms with E-state index in [1.165, 1.54) is 40.0 Å². The third-order valence-electron chi connectivity index (χ3n) is 4.00. The molecule has 0 spiro atoms. The van der Waals surface area contributed by atoms with E-state index in [4.69, 9.17) is 0 Å². The van der Waals surface area contributed by atoms with Crippen LogP contribution in [0.5, 0.6) is 0 Å². The Kier molecular flexibility index (Phi) is 3.89. The number of anilines is 1. The fourth-order valence-corrected chi connectivity index (χ4v) is 4.03. The number of quaternary nitrogens is 1. The number of thiophene rings is 1. The average Bonchev–Trinajstić information content (AvgIpc) is 2.77. The molecule has 5 heteroatoms. The van der Waals surface area contributed by atoms with Gasteiger partial charge in [-0.3, -0.25) is 0 Å². The van der Waals surface area contributed by atoms with E-state index in [2.05, 4.69) is 36.3 Å². The van der Waals surface area contributed by atoms with Gasteiger partial charge in [0.1, 0.15) is 17.0 Å². The highest BCUT2D eigenvalue weighted by Gasteiger charge is 2.23. The maximum absolute atomic E-state index is 4.48. The van der Waals surface area contributed by atoms with Crippen LogP contribution in [-0.2, 0) is 12.8 Å². The third kappa shape index (κ3) is 2.65. The Balaban J connectivity index is 1.94. The number of hydrogen-bond donors (Lipinski definition) is 2. The summed E-state index contributed by atoms with van der Waals surface area (Å²) in [5.74, 6) is 1.81. The standard InChI is InChI=1S/C15H22N4S/c1-10-4-5-12-11(8-10)13-14(16-6-7-19(2)3)17-9-18-15(13)20-12/h9-10H,4-8H2,1-3H3,(H,16,17,18)/p+1/t10-/m1/s1. The van der Waals surface area contributed by atoms with Crippen LogP contribution < -0.4 is 10.2 Å². The molecule has 0 saturated heterocycles. The molecule has 0 aliphatic heterocycles. The predicted molar refractivity (Wildman–Crippen MR) is 84.8 cm³/mol. The fourth-order valence-electron chi connectivity index (χ4n) is 2.85. The highest BCUT2D eigenvalue weighted by molar-refractivity contribution is 7.19. The molecule has 20 heavy (non-hydrogen) atoms. The summed E-state index contributed by atoms with van der Waals surface area (Å²) < 4.78 is 0. The molecule has 0 amide bonds. The van der Waals surface area contributed by atoms with Gasteiger partial charge in [0.15, 0.2) is 0 Å². The molecule has 0 saturated carbocycles. The zero-order valence-electron chi connectivity index (χ0n) is 12.5. The molecule has 0 unspecified atom stereocenters. The molecule has 1 aliphatic rings. The minimum Gasteiger partial charge on any atom is -0.364 e. The van der Waals surface area contributed by atoms with E-state index >= 15 is 0 Å². The number of aromatic nitrogens is 2. The van der Waals surface area contributed by atoms with Crippen LogP contribution in [-0.4, -0.2) is 37.2 Å². The van der Waals surface area contributed by atoms with Crippen molar-refractivity contribution in [1.82, 2.24) is 9.97 Å². The van der Waals surface area contributed by atoms with Gasteiger partial charge < -0.3 is 10.2 Å². The molecule has 2 heterocycles. The summed E-state index contributed by atoms with van der Waals surface area (Å²) in [5, 5.41) is 4.79. The van der Waals surface area contributed by atoms with Crippen molar-refractivity contribution in [3.8, 4) is 0 Å². The van der Waals surface area contributed by atoms with Gasteiger partial charge in [0.2, 0.25) is 0 Å². The van der Waals surface area contributed by atoms with Gasteiger partial charge in [0.25, 0.3) is 0 Å². The topological polar surface area (TPSA) is 42.2 Å². The van der Waals surface area contributed by atoms with Gasteiger partial charge >= 0.3 is 0 Å². The van der Waals surface area contributed by atoms with Crippen molar-refractivity contribution >= 4 is 27.4 Å². The lowest BCUT2D eigenvalue weighted by Gasteiger charge is -2.18. The van der Waals surface area contributed by atoms with Crippen LogP contribution >= 0.6 is 11.3 Å². The van der Waals surface area contributed by atoms with Crippen LogP contribution in [0.2, 0.25) is 0 Å². The van der Waals surface area contributed by atoms with Gasteiger partial charge in [-0.05, 0) is 30.7 Å². The molecule has 1 atom stereocenters. The molecule has 0 fully saturated rings. The number of fused-ring (bicyclic) bond motifs is 3. The van der Waals surface area contributed by atoms with E-state index in [9.17, 15) is 0 Å². The zero-order chi connectivity index (χ0) is 14.1. The molecule has 108 valence electrons. The minimum absolute atomic E-state index is 0.777. The summed E-state index contributed by atoms with van der Waals surface area (Å²) >= 11 is 1.86. The summed E-state index contributed by atoms with van der Waals surface area (Å²) in [5.41, 5.74) is 1.50. The normalized spacial score (nSPS) is 18.5.